The second-order valence-corrected chi connectivity index (χ2v) is 8.85. The second kappa shape index (κ2) is 10.1. The summed E-state index contributed by atoms with van der Waals surface area (Å²) in [4.78, 5) is 36.6. The first kappa shape index (κ1) is 23.5. The summed E-state index contributed by atoms with van der Waals surface area (Å²) in [6.45, 7) is 1.94. The van der Waals surface area contributed by atoms with E-state index in [2.05, 4.69) is 20.8 Å². The maximum Gasteiger partial charge on any atom is 0.237 e. The summed E-state index contributed by atoms with van der Waals surface area (Å²) in [5, 5.41) is 14.0. The van der Waals surface area contributed by atoms with E-state index in [0.29, 0.717) is 30.1 Å². The normalized spacial score (nSPS) is 17.8. The number of anilines is 1. The van der Waals surface area contributed by atoms with Crippen molar-refractivity contribution in [1.82, 2.24) is 20.1 Å². The molecular formula is C24H25N5O4S. The number of piperidine rings is 1. The van der Waals surface area contributed by atoms with Crippen LogP contribution in [0.1, 0.15) is 31.7 Å². The lowest BCUT2D eigenvalue weighted by atomic mass is 9.72. The van der Waals surface area contributed by atoms with Crippen LogP contribution < -0.4 is 15.4 Å². The lowest BCUT2D eigenvalue weighted by Crippen LogP contribution is -2.51. The number of methoxy groups -OCH3 is 1. The molecule has 3 amide bonds. The molecule has 1 atom stereocenters. The van der Waals surface area contributed by atoms with E-state index in [-0.39, 0.29) is 23.5 Å². The topological polar surface area (TPSA) is 115 Å². The van der Waals surface area contributed by atoms with Crippen LogP contribution in [0.15, 0.2) is 60.0 Å². The van der Waals surface area contributed by atoms with Crippen molar-refractivity contribution in [1.29, 1.82) is 0 Å². The predicted molar refractivity (Wildman–Crippen MR) is 128 cm³/mol. The molecular weight excluding hydrogens is 454 g/mol. The Morgan fingerprint density at radius 3 is 2.56 bits per heavy atom. The molecule has 176 valence electrons. The third-order valence-corrected chi connectivity index (χ3v) is 6.93. The van der Waals surface area contributed by atoms with E-state index in [1.165, 1.54) is 11.8 Å². The first-order chi connectivity index (χ1) is 16.4. The van der Waals surface area contributed by atoms with Crippen LogP contribution in [0.4, 0.5) is 5.69 Å². The Hall–Kier alpha value is -3.66. The van der Waals surface area contributed by atoms with Crippen molar-refractivity contribution in [2.24, 2.45) is 0 Å². The highest BCUT2D eigenvalue weighted by Crippen LogP contribution is 2.36. The van der Waals surface area contributed by atoms with Crippen LogP contribution >= 0.6 is 11.8 Å². The number of carbonyl (C=O) groups excluding carboxylic acids is 3. The van der Waals surface area contributed by atoms with Gasteiger partial charge in [0.15, 0.2) is 5.16 Å². The summed E-state index contributed by atoms with van der Waals surface area (Å²) in [5.41, 5.74) is 1.60. The smallest absolute Gasteiger partial charge is 0.237 e. The van der Waals surface area contributed by atoms with Crippen molar-refractivity contribution in [3.8, 4) is 11.4 Å². The molecule has 0 bridgehead atoms. The molecule has 0 saturated carbocycles. The third-order valence-electron chi connectivity index (χ3n) is 5.99. The van der Waals surface area contributed by atoms with Gasteiger partial charge < -0.3 is 10.1 Å². The van der Waals surface area contributed by atoms with Crippen molar-refractivity contribution in [2.45, 2.75) is 36.8 Å². The average Bonchev–Trinajstić information content (AvgIpc) is 3.33. The molecule has 1 saturated heterocycles. The van der Waals surface area contributed by atoms with Crippen molar-refractivity contribution < 1.29 is 19.1 Å². The number of nitrogens with one attached hydrogen (secondary N) is 2. The van der Waals surface area contributed by atoms with Gasteiger partial charge in [0.1, 0.15) is 12.1 Å². The Balaban J connectivity index is 1.38. The lowest BCUT2D eigenvalue weighted by molar-refractivity contribution is -0.138. The average molecular weight is 480 g/mol. The molecule has 2 N–H and O–H groups in total. The molecule has 4 rings (SSSR count). The van der Waals surface area contributed by atoms with Crippen LogP contribution in [0.25, 0.3) is 5.69 Å². The van der Waals surface area contributed by atoms with E-state index < -0.39 is 5.41 Å². The van der Waals surface area contributed by atoms with Gasteiger partial charge in [-0.2, -0.15) is 0 Å². The first-order valence-electron chi connectivity index (χ1n) is 10.9. The van der Waals surface area contributed by atoms with Crippen molar-refractivity contribution in [3.05, 3.63) is 60.4 Å². The van der Waals surface area contributed by atoms with Crippen LogP contribution in [-0.2, 0) is 19.8 Å². The summed E-state index contributed by atoms with van der Waals surface area (Å²) >= 11 is 1.28. The van der Waals surface area contributed by atoms with E-state index in [1.807, 2.05) is 43.3 Å². The number of hydrogen-bond donors (Lipinski definition) is 2. The van der Waals surface area contributed by atoms with Gasteiger partial charge in [-0.15, -0.1) is 10.2 Å². The fourth-order valence-corrected chi connectivity index (χ4v) is 4.74. The SMILES string of the molecule is CCC1(c2ccc(NC(=O)CSc3nncn3-c3ccc(OC)cc3)cc2)CCC(=O)NC1=O. The maximum absolute atomic E-state index is 12.6. The number of benzene rings is 2. The highest BCUT2D eigenvalue weighted by atomic mass is 32.2. The van der Waals surface area contributed by atoms with Crippen molar-refractivity contribution in [3.63, 3.8) is 0 Å². The van der Waals surface area contributed by atoms with Crippen molar-refractivity contribution in [2.75, 3.05) is 18.2 Å². The van der Waals surface area contributed by atoms with E-state index in [4.69, 9.17) is 4.74 Å². The number of carbonyl (C=O) groups is 3. The Morgan fingerprint density at radius 1 is 1.18 bits per heavy atom. The second-order valence-electron chi connectivity index (χ2n) is 7.91. The fraction of sp³-hybridized carbons (Fsp3) is 0.292. The number of amides is 3. The van der Waals surface area contributed by atoms with E-state index in [9.17, 15) is 14.4 Å². The summed E-state index contributed by atoms with van der Waals surface area (Å²) in [5.74, 6) is 0.214. The predicted octanol–water partition coefficient (Wildman–Crippen LogP) is 3.09. The molecule has 1 aliphatic heterocycles. The van der Waals surface area contributed by atoms with Gasteiger partial charge in [0.25, 0.3) is 0 Å². The Bertz CT molecular complexity index is 1190. The number of aromatic nitrogens is 3. The Morgan fingerprint density at radius 2 is 1.91 bits per heavy atom. The fourth-order valence-electron chi connectivity index (χ4n) is 4.01. The molecule has 1 fully saturated rings. The minimum atomic E-state index is -0.724. The van der Waals surface area contributed by atoms with Crippen molar-refractivity contribution >= 4 is 35.2 Å². The molecule has 34 heavy (non-hydrogen) atoms. The number of nitrogens with zero attached hydrogens (tertiary/aromatic N) is 3. The largest absolute Gasteiger partial charge is 0.497 e. The zero-order valence-electron chi connectivity index (χ0n) is 18.9. The molecule has 1 aliphatic rings. The quantitative estimate of drug-likeness (QED) is 0.377. The molecule has 0 aliphatic carbocycles. The number of hydrogen-bond acceptors (Lipinski definition) is 7. The van der Waals surface area contributed by atoms with Crippen LogP contribution in [0.2, 0.25) is 0 Å². The van der Waals surface area contributed by atoms with Gasteiger partial charge in [0, 0.05) is 17.8 Å². The third kappa shape index (κ3) is 4.81. The van der Waals surface area contributed by atoms with Crippen LogP contribution in [0.5, 0.6) is 5.75 Å². The lowest BCUT2D eigenvalue weighted by Gasteiger charge is -2.35. The number of thioether (sulfide) groups is 1. The number of rotatable bonds is 8. The maximum atomic E-state index is 12.6. The molecule has 10 heteroatoms. The Labute approximate surface area is 201 Å². The van der Waals surface area contributed by atoms with E-state index in [0.717, 1.165) is 17.0 Å². The highest BCUT2D eigenvalue weighted by Gasteiger charge is 2.42. The van der Waals surface area contributed by atoms with Gasteiger partial charge in [0.05, 0.1) is 18.3 Å². The summed E-state index contributed by atoms with van der Waals surface area (Å²) in [7, 11) is 1.61. The molecule has 3 aromatic rings. The van der Waals surface area contributed by atoms with Gasteiger partial charge >= 0.3 is 0 Å². The summed E-state index contributed by atoms with van der Waals surface area (Å²) in [6, 6.07) is 14.7. The number of imide groups is 1. The van der Waals surface area contributed by atoms with Gasteiger partial charge in [-0.25, -0.2) is 0 Å². The minimum Gasteiger partial charge on any atom is -0.497 e. The first-order valence-corrected chi connectivity index (χ1v) is 11.9. The number of ether oxygens (including phenoxy) is 1. The molecule has 1 aromatic heterocycles. The van der Waals surface area contributed by atoms with Crippen LogP contribution in [0, 0.1) is 0 Å². The van der Waals surface area contributed by atoms with Gasteiger partial charge in [-0.05, 0) is 54.8 Å². The van der Waals surface area contributed by atoms with Crippen LogP contribution in [0.3, 0.4) is 0 Å². The zero-order chi connectivity index (χ0) is 24.1. The van der Waals surface area contributed by atoms with Gasteiger partial charge in [-0.3, -0.25) is 24.3 Å². The molecule has 2 aromatic carbocycles. The van der Waals surface area contributed by atoms with E-state index in [1.54, 1.807) is 30.1 Å². The highest BCUT2D eigenvalue weighted by molar-refractivity contribution is 7.99. The van der Waals surface area contributed by atoms with Gasteiger partial charge in [-0.1, -0.05) is 30.8 Å². The molecule has 0 spiro atoms. The minimum absolute atomic E-state index is 0.153. The molecule has 9 nitrogen and oxygen atoms in total. The molecule has 2 heterocycles. The van der Waals surface area contributed by atoms with E-state index >= 15 is 0 Å². The zero-order valence-corrected chi connectivity index (χ0v) is 19.7. The summed E-state index contributed by atoms with van der Waals surface area (Å²) < 4.78 is 6.99. The summed E-state index contributed by atoms with van der Waals surface area (Å²) in [6.07, 6.45) is 2.98. The molecule has 0 radical (unpaired) electrons. The Kier molecular flexibility index (Phi) is 6.97. The molecule has 1 unspecified atom stereocenters. The van der Waals surface area contributed by atoms with Gasteiger partial charge in [0.2, 0.25) is 17.7 Å². The van der Waals surface area contributed by atoms with Crippen LogP contribution in [-0.4, -0.2) is 45.3 Å². The standard InChI is InChI=1S/C24H25N5O4S/c1-3-24(13-12-20(30)27-22(24)32)16-4-6-17(7-5-16)26-21(31)14-34-23-28-25-15-29(23)18-8-10-19(33-2)11-9-18/h4-11,15H,3,12-14H2,1-2H3,(H,26,31)(H,27,30,32). The monoisotopic (exact) mass is 479 g/mol.